The number of benzene rings is 1. The maximum atomic E-state index is 11.7. The van der Waals surface area contributed by atoms with Crippen LogP contribution in [0.3, 0.4) is 0 Å². The van der Waals surface area contributed by atoms with Gasteiger partial charge in [-0.05, 0) is 40.5 Å². The van der Waals surface area contributed by atoms with Crippen LogP contribution in [0.2, 0.25) is 0 Å². The van der Waals surface area contributed by atoms with E-state index in [0.717, 1.165) is 0 Å². The van der Waals surface area contributed by atoms with Crippen molar-refractivity contribution in [1.29, 1.82) is 0 Å². The third-order valence-corrected chi connectivity index (χ3v) is 3.16. The molecule has 1 rings (SSSR count). The number of hydrogen-bond acceptors (Lipinski definition) is 3. The number of halogens is 1. The van der Waals surface area contributed by atoms with Crippen LogP contribution in [-0.2, 0) is 4.79 Å². The molecule has 0 aliphatic carbocycles. The lowest BCUT2D eigenvalue weighted by molar-refractivity contribution is -0.141. The van der Waals surface area contributed by atoms with Crippen LogP contribution in [0, 0.1) is 5.92 Å². The molecule has 3 N–H and O–H groups in total. The number of hydrogen-bond donors (Lipinski definition) is 3. The van der Waals surface area contributed by atoms with Crippen molar-refractivity contribution in [2.75, 3.05) is 6.54 Å². The Morgan fingerprint density at radius 3 is 2.67 bits per heavy atom. The quantitative estimate of drug-likeness (QED) is 0.775. The summed E-state index contributed by atoms with van der Waals surface area (Å²) >= 11 is 3.12. The van der Waals surface area contributed by atoms with Crippen LogP contribution in [0.15, 0.2) is 22.7 Å². The van der Waals surface area contributed by atoms with Crippen LogP contribution in [0.4, 0.5) is 0 Å². The Balaban J connectivity index is 2.50. The van der Waals surface area contributed by atoms with Gasteiger partial charge in [0.05, 0.1) is 10.4 Å². The van der Waals surface area contributed by atoms with Crippen molar-refractivity contribution >= 4 is 27.8 Å². The number of carbonyl (C=O) groups excluding carboxylic acids is 1. The second kappa shape index (κ2) is 6.39. The van der Waals surface area contributed by atoms with Crippen molar-refractivity contribution in [3.8, 4) is 5.75 Å². The Kier molecular flexibility index (Phi) is 5.15. The lowest BCUT2D eigenvalue weighted by Gasteiger charge is -2.08. The largest absolute Gasteiger partial charge is 0.507 e. The molecule has 0 fully saturated rings. The molecule has 1 amide bonds. The van der Waals surface area contributed by atoms with E-state index in [1.165, 1.54) is 6.07 Å². The predicted molar refractivity (Wildman–Crippen MR) is 69.6 cm³/mol. The zero-order chi connectivity index (χ0) is 13.7. The highest BCUT2D eigenvalue weighted by Gasteiger charge is 2.12. The first-order chi connectivity index (χ1) is 8.41. The average molecular weight is 316 g/mol. The van der Waals surface area contributed by atoms with E-state index in [9.17, 15) is 14.7 Å². The van der Waals surface area contributed by atoms with Gasteiger partial charge in [0.25, 0.3) is 5.91 Å². The number of carboxylic acids is 1. The van der Waals surface area contributed by atoms with Crippen LogP contribution < -0.4 is 5.32 Å². The number of carboxylic acid groups (broad SMARTS) is 1. The van der Waals surface area contributed by atoms with Gasteiger partial charge in [0, 0.05) is 12.1 Å². The summed E-state index contributed by atoms with van der Waals surface area (Å²) in [6.45, 7) is 1.86. The second-order valence-corrected chi connectivity index (χ2v) is 4.80. The number of carbonyl (C=O) groups is 2. The van der Waals surface area contributed by atoms with Gasteiger partial charge in [-0.2, -0.15) is 0 Å². The predicted octanol–water partition coefficient (Wildman–Crippen LogP) is 2.00. The summed E-state index contributed by atoms with van der Waals surface area (Å²) in [5, 5.41) is 20.7. The summed E-state index contributed by atoms with van der Waals surface area (Å²) < 4.78 is 0.513. The highest BCUT2D eigenvalue weighted by atomic mass is 79.9. The van der Waals surface area contributed by atoms with E-state index < -0.39 is 11.9 Å². The van der Waals surface area contributed by atoms with Gasteiger partial charge >= 0.3 is 5.97 Å². The number of phenolic OH excluding ortho intramolecular Hbond substituents is 1. The van der Waals surface area contributed by atoms with E-state index in [2.05, 4.69) is 21.2 Å². The van der Waals surface area contributed by atoms with Crippen LogP contribution in [0.25, 0.3) is 0 Å². The molecule has 0 saturated carbocycles. The van der Waals surface area contributed by atoms with Gasteiger partial charge in [-0.3, -0.25) is 9.59 Å². The molecule has 0 spiro atoms. The molecule has 0 heterocycles. The van der Waals surface area contributed by atoms with Crippen molar-refractivity contribution in [2.24, 2.45) is 5.92 Å². The highest BCUT2D eigenvalue weighted by Crippen LogP contribution is 2.24. The molecule has 0 radical (unpaired) electrons. The van der Waals surface area contributed by atoms with Crippen molar-refractivity contribution in [3.05, 3.63) is 28.2 Å². The number of rotatable bonds is 5. The minimum atomic E-state index is -0.884. The van der Waals surface area contributed by atoms with Gasteiger partial charge in [-0.1, -0.05) is 6.92 Å². The summed E-state index contributed by atoms with van der Waals surface area (Å²) in [4.78, 5) is 22.3. The molecular weight excluding hydrogens is 302 g/mol. The van der Waals surface area contributed by atoms with E-state index in [0.29, 0.717) is 16.5 Å². The van der Waals surface area contributed by atoms with Gasteiger partial charge < -0.3 is 15.5 Å². The van der Waals surface area contributed by atoms with E-state index in [-0.39, 0.29) is 18.2 Å². The molecule has 18 heavy (non-hydrogen) atoms. The Bertz CT molecular complexity index is 461. The average Bonchev–Trinajstić information content (AvgIpc) is 2.32. The molecule has 0 saturated heterocycles. The van der Waals surface area contributed by atoms with E-state index in [4.69, 9.17) is 5.11 Å². The van der Waals surface area contributed by atoms with Crippen LogP contribution in [0.1, 0.15) is 23.7 Å². The molecule has 6 heteroatoms. The normalized spacial score (nSPS) is 11.9. The number of phenols is 1. The molecule has 1 aromatic rings. The Labute approximate surface area is 113 Å². The fraction of sp³-hybridized carbons (Fsp3) is 0.333. The van der Waals surface area contributed by atoms with E-state index >= 15 is 0 Å². The third-order valence-electron chi connectivity index (χ3n) is 2.49. The van der Waals surface area contributed by atoms with Crippen LogP contribution in [-0.4, -0.2) is 28.6 Å². The molecule has 1 unspecified atom stereocenters. The first kappa shape index (κ1) is 14.5. The molecule has 0 bridgehead atoms. The van der Waals surface area contributed by atoms with Gasteiger partial charge in [0.1, 0.15) is 5.75 Å². The summed E-state index contributed by atoms with van der Waals surface area (Å²) in [6.07, 6.45) is 0.365. The first-order valence-corrected chi connectivity index (χ1v) is 6.20. The summed E-state index contributed by atoms with van der Waals surface area (Å²) in [7, 11) is 0. The maximum absolute atomic E-state index is 11.7. The number of amides is 1. The second-order valence-electron chi connectivity index (χ2n) is 3.95. The molecule has 98 valence electrons. The topological polar surface area (TPSA) is 86.6 Å². The minimum Gasteiger partial charge on any atom is -0.507 e. The van der Waals surface area contributed by atoms with Crippen LogP contribution >= 0.6 is 15.9 Å². The fourth-order valence-corrected chi connectivity index (χ4v) is 1.53. The van der Waals surface area contributed by atoms with Gasteiger partial charge in [0.15, 0.2) is 0 Å². The summed E-state index contributed by atoms with van der Waals surface area (Å²) in [6, 6.07) is 4.49. The number of aliphatic carboxylic acids is 1. The van der Waals surface area contributed by atoms with E-state index in [1.54, 1.807) is 19.1 Å². The van der Waals surface area contributed by atoms with Crippen molar-refractivity contribution in [3.63, 3.8) is 0 Å². The number of nitrogens with one attached hydrogen (secondary N) is 1. The van der Waals surface area contributed by atoms with Gasteiger partial charge in [0.2, 0.25) is 0 Å². The Hall–Kier alpha value is -1.56. The Morgan fingerprint density at radius 2 is 2.11 bits per heavy atom. The van der Waals surface area contributed by atoms with Gasteiger partial charge in [-0.25, -0.2) is 0 Å². The summed E-state index contributed by atoms with van der Waals surface area (Å²) in [5.41, 5.74) is 0.332. The fourth-order valence-electron chi connectivity index (χ4n) is 1.28. The molecule has 5 nitrogen and oxygen atoms in total. The van der Waals surface area contributed by atoms with Crippen LogP contribution in [0.5, 0.6) is 5.75 Å². The molecule has 0 aliphatic rings. The molecule has 1 aromatic carbocycles. The first-order valence-electron chi connectivity index (χ1n) is 5.41. The van der Waals surface area contributed by atoms with Crippen molar-refractivity contribution < 1.29 is 19.8 Å². The maximum Gasteiger partial charge on any atom is 0.306 e. The van der Waals surface area contributed by atoms with Crippen molar-refractivity contribution in [2.45, 2.75) is 13.3 Å². The molecule has 1 atom stereocenters. The third kappa shape index (κ3) is 4.03. The number of aromatic hydroxyl groups is 1. The highest BCUT2D eigenvalue weighted by molar-refractivity contribution is 9.10. The molecule has 0 aromatic heterocycles. The molecule has 0 aliphatic heterocycles. The Morgan fingerprint density at radius 1 is 1.44 bits per heavy atom. The lowest BCUT2D eigenvalue weighted by Crippen LogP contribution is -2.26. The SMILES string of the molecule is CC(CCNC(=O)c1ccc(Br)c(O)c1)C(=O)O. The summed E-state index contributed by atoms with van der Waals surface area (Å²) in [5.74, 6) is -1.73. The zero-order valence-corrected chi connectivity index (χ0v) is 11.4. The monoisotopic (exact) mass is 315 g/mol. The van der Waals surface area contributed by atoms with E-state index in [1.807, 2.05) is 0 Å². The van der Waals surface area contributed by atoms with Gasteiger partial charge in [-0.15, -0.1) is 0 Å². The zero-order valence-electron chi connectivity index (χ0n) is 9.81. The lowest BCUT2D eigenvalue weighted by atomic mass is 10.1. The minimum absolute atomic E-state index is 0.0124. The van der Waals surface area contributed by atoms with Crippen molar-refractivity contribution in [1.82, 2.24) is 5.32 Å². The standard InChI is InChI=1S/C12H14BrNO4/c1-7(12(17)18)4-5-14-11(16)8-2-3-9(13)10(15)6-8/h2-3,6-7,15H,4-5H2,1H3,(H,14,16)(H,17,18). The molecular formula is C12H14BrNO4. The smallest absolute Gasteiger partial charge is 0.306 e.